The Balaban J connectivity index is 2.32. The van der Waals surface area contributed by atoms with Crippen LogP contribution in [-0.4, -0.2) is 27.9 Å². The van der Waals surface area contributed by atoms with Crippen molar-refractivity contribution < 1.29 is 0 Å². The van der Waals surface area contributed by atoms with E-state index in [0.29, 0.717) is 4.99 Å². The molecule has 5 heteroatoms. The van der Waals surface area contributed by atoms with Crippen LogP contribution in [0.5, 0.6) is 0 Å². The van der Waals surface area contributed by atoms with Crippen molar-refractivity contribution in [3.63, 3.8) is 0 Å². The lowest BCUT2D eigenvalue weighted by molar-refractivity contribution is 0.546. The minimum absolute atomic E-state index is 0.456. The predicted octanol–water partition coefficient (Wildman–Crippen LogP) is 2.13. The molecule has 18 heavy (non-hydrogen) atoms. The normalized spacial score (nSPS) is 17.3. The van der Waals surface area contributed by atoms with Crippen LogP contribution in [0.2, 0.25) is 0 Å². The zero-order chi connectivity index (χ0) is 13.1. The zero-order valence-corrected chi connectivity index (χ0v) is 12.1. The molecule has 0 amide bonds. The first-order valence-electron chi connectivity index (χ1n) is 6.69. The van der Waals surface area contributed by atoms with Crippen LogP contribution in [0.1, 0.15) is 43.4 Å². The van der Waals surface area contributed by atoms with Gasteiger partial charge in [-0.2, -0.15) is 5.10 Å². The van der Waals surface area contributed by atoms with E-state index in [9.17, 15) is 0 Å². The Hall–Kier alpha value is -1.10. The second kappa shape index (κ2) is 5.69. The first-order chi connectivity index (χ1) is 8.61. The maximum atomic E-state index is 5.86. The van der Waals surface area contributed by atoms with Gasteiger partial charge in [0.05, 0.1) is 11.3 Å². The van der Waals surface area contributed by atoms with Gasteiger partial charge in [0, 0.05) is 20.1 Å². The van der Waals surface area contributed by atoms with Gasteiger partial charge in [0.2, 0.25) is 0 Å². The van der Waals surface area contributed by atoms with Crippen molar-refractivity contribution in [3.8, 4) is 0 Å². The molecule has 1 aliphatic heterocycles. The Bertz CT molecular complexity index is 430. The number of aryl methyl sites for hydroxylation is 2. The number of nitrogens with two attached hydrogens (primary N) is 1. The molecule has 4 nitrogen and oxygen atoms in total. The van der Waals surface area contributed by atoms with Crippen molar-refractivity contribution in [2.45, 2.75) is 39.0 Å². The molecular weight excluding hydrogens is 244 g/mol. The number of thiocarbonyl (C=S) groups is 1. The fourth-order valence-corrected chi connectivity index (χ4v) is 3.00. The molecule has 0 atom stereocenters. The van der Waals surface area contributed by atoms with Gasteiger partial charge in [0.15, 0.2) is 0 Å². The quantitative estimate of drug-likeness (QED) is 0.833. The van der Waals surface area contributed by atoms with Gasteiger partial charge in [-0.25, -0.2) is 0 Å². The predicted molar refractivity (Wildman–Crippen MR) is 79.1 cm³/mol. The van der Waals surface area contributed by atoms with Crippen LogP contribution in [-0.2, 0) is 7.05 Å². The number of hydrogen-bond donors (Lipinski definition) is 1. The molecule has 0 saturated carbocycles. The molecule has 2 N–H and O–H groups in total. The number of rotatable bonds is 2. The molecule has 0 aromatic carbocycles. The Morgan fingerprint density at radius 3 is 2.28 bits per heavy atom. The topological polar surface area (TPSA) is 47.1 Å². The summed E-state index contributed by atoms with van der Waals surface area (Å²) in [6.45, 7) is 4.13. The second-order valence-corrected chi connectivity index (χ2v) is 5.47. The highest BCUT2D eigenvalue weighted by Gasteiger charge is 2.21. The van der Waals surface area contributed by atoms with Crippen LogP contribution < -0.4 is 10.6 Å². The van der Waals surface area contributed by atoms with Crippen molar-refractivity contribution in [2.24, 2.45) is 12.8 Å². The van der Waals surface area contributed by atoms with Crippen LogP contribution in [0.3, 0.4) is 0 Å². The van der Waals surface area contributed by atoms with E-state index in [4.69, 9.17) is 18.0 Å². The summed E-state index contributed by atoms with van der Waals surface area (Å²) in [5.41, 5.74) is 7.74. The maximum Gasteiger partial charge on any atom is 0.137 e. The largest absolute Gasteiger partial charge is 0.389 e. The smallest absolute Gasteiger partial charge is 0.137 e. The summed E-state index contributed by atoms with van der Waals surface area (Å²) < 4.78 is 1.92. The van der Waals surface area contributed by atoms with Gasteiger partial charge >= 0.3 is 0 Å². The molecule has 1 fully saturated rings. The molecular formula is C13H22N4S. The monoisotopic (exact) mass is 266 g/mol. The SMILES string of the molecule is Cc1nn(C)c(N2CCCCCCC2)c1C(N)=S. The molecule has 2 heterocycles. The molecule has 2 rings (SSSR count). The van der Waals surface area contributed by atoms with E-state index in [2.05, 4.69) is 10.00 Å². The lowest BCUT2D eigenvalue weighted by atomic mass is 10.1. The lowest BCUT2D eigenvalue weighted by Crippen LogP contribution is -2.31. The zero-order valence-electron chi connectivity index (χ0n) is 11.3. The summed E-state index contributed by atoms with van der Waals surface area (Å²) in [6, 6.07) is 0. The number of anilines is 1. The first-order valence-corrected chi connectivity index (χ1v) is 7.10. The second-order valence-electron chi connectivity index (χ2n) is 5.03. The van der Waals surface area contributed by atoms with Crippen LogP contribution in [0.25, 0.3) is 0 Å². The minimum atomic E-state index is 0.456. The molecule has 1 aromatic heterocycles. The van der Waals surface area contributed by atoms with E-state index in [1.807, 2.05) is 18.7 Å². The van der Waals surface area contributed by atoms with Crippen molar-refractivity contribution in [3.05, 3.63) is 11.3 Å². The van der Waals surface area contributed by atoms with Crippen LogP contribution in [0.15, 0.2) is 0 Å². The molecule has 100 valence electrons. The summed E-state index contributed by atoms with van der Waals surface area (Å²) in [7, 11) is 1.98. The average Bonchev–Trinajstić information content (AvgIpc) is 2.53. The van der Waals surface area contributed by atoms with Gasteiger partial charge in [0.1, 0.15) is 10.8 Å². The number of aromatic nitrogens is 2. The van der Waals surface area contributed by atoms with Crippen LogP contribution >= 0.6 is 12.2 Å². The van der Waals surface area contributed by atoms with E-state index < -0.39 is 0 Å². The molecule has 1 aromatic rings. The summed E-state index contributed by atoms with van der Waals surface area (Å²) >= 11 is 5.18. The third-order valence-corrected chi connectivity index (χ3v) is 3.80. The van der Waals surface area contributed by atoms with Gasteiger partial charge in [-0.15, -0.1) is 0 Å². The highest BCUT2D eigenvalue weighted by atomic mass is 32.1. The Kier molecular flexibility index (Phi) is 4.22. The number of nitrogens with zero attached hydrogens (tertiary/aromatic N) is 3. The highest BCUT2D eigenvalue weighted by Crippen LogP contribution is 2.25. The fourth-order valence-electron chi connectivity index (χ4n) is 2.76. The van der Waals surface area contributed by atoms with Gasteiger partial charge in [-0.3, -0.25) is 4.68 Å². The summed E-state index contributed by atoms with van der Waals surface area (Å²) in [5.74, 6) is 1.10. The van der Waals surface area contributed by atoms with Gasteiger partial charge in [-0.1, -0.05) is 31.5 Å². The van der Waals surface area contributed by atoms with Crippen molar-refractivity contribution >= 4 is 23.0 Å². The molecule has 1 saturated heterocycles. The molecule has 0 radical (unpaired) electrons. The summed E-state index contributed by atoms with van der Waals surface area (Å²) in [6.07, 6.45) is 6.47. The fraction of sp³-hybridized carbons (Fsp3) is 0.692. The minimum Gasteiger partial charge on any atom is -0.389 e. The van der Waals surface area contributed by atoms with Crippen molar-refractivity contribution in [1.82, 2.24) is 9.78 Å². The summed E-state index contributed by atoms with van der Waals surface area (Å²) in [4.78, 5) is 2.85. The highest BCUT2D eigenvalue weighted by molar-refractivity contribution is 7.80. The molecule has 1 aliphatic rings. The van der Waals surface area contributed by atoms with Crippen molar-refractivity contribution in [1.29, 1.82) is 0 Å². The van der Waals surface area contributed by atoms with Crippen LogP contribution in [0, 0.1) is 6.92 Å². The van der Waals surface area contributed by atoms with E-state index in [1.54, 1.807) is 0 Å². The van der Waals surface area contributed by atoms with Crippen molar-refractivity contribution in [2.75, 3.05) is 18.0 Å². The molecule has 0 unspecified atom stereocenters. The van der Waals surface area contributed by atoms with E-state index in [-0.39, 0.29) is 0 Å². The first kappa shape index (κ1) is 13.3. The number of hydrogen-bond acceptors (Lipinski definition) is 3. The Morgan fingerprint density at radius 1 is 1.17 bits per heavy atom. The molecule has 0 aliphatic carbocycles. The van der Waals surface area contributed by atoms with Crippen LogP contribution in [0.4, 0.5) is 5.82 Å². The Morgan fingerprint density at radius 2 is 1.72 bits per heavy atom. The van der Waals surface area contributed by atoms with Gasteiger partial charge < -0.3 is 10.6 Å². The summed E-state index contributed by atoms with van der Waals surface area (Å²) in [5, 5.41) is 4.47. The average molecular weight is 266 g/mol. The van der Waals surface area contributed by atoms with E-state index >= 15 is 0 Å². The van der Waals surface area contributed by atoms with Gasteiger partial charge in [-0.05, 0) is 19.8 Å². The lowest BCUT2D eigenvalue weighted by Gasteiger charge is -2.27. The third kappa shape index (κ3) is 2.66. The molecule has 0 bridgehead atoms. The van der Waals surface area contributed by atoms with E-state index in [1.165, 1.54) is 32.1 Å². The van der Waals surface area contributed by atoms with E-state index in [0.717, 1.165) is 30.2 Å². The maximum absolute atomic E-state index is 5.86. The Labute approximate surface area is 114 Å². The molecule has 0 spiro atoms. The van der Waals surface area contributed by atoms with Gasteiger partial charge in [0.25, 0.3) is 0 Å². The standard InChI is InChI=1S/C13H22N4S/c1-10-11(12(14)18)13(16(2)15-10)17-8-6-4-3-5-7-9-17/h3-9H2,1-2H3,(H2,14,18). The third-order valence-electron chi connectivity index (χ3n) is 3.59.